The summed E-state index contributed by atoms with van der Waals surface area (Å²) < 4.78 is 0. The summed E-state index contributed by atoms with van der Waals surface area (Å²) in [5.74, 6) is 1.86. The Morgan fingerprint density at radius 3 is 2.37 bits per heavy atom. The van der Waals surface area contributed by atoms with Gasteiger partial charge in [-0.2, -0.15) is 0 Å². The lowest BCUT2D eigenvalue weighted by Crippen LogP contribution is -2.43. The van der Waals surface area contributed by atoms with Crippen LogP contribution in [0.15, 0.2) is 5.16 Å². The highest BCUT2D eigenvalue weighted by Crippen LogP contribution is 2.37. The van der Waals surface area contributed by atoms with E-state index < -0.39 is 0 Å². The van der Waals surface area contributed by atoms with Gasteiger partial charge in [0.05, 0.1) is 11.6 Å². The first-order valence-corrected chi connectivity index (χ1v) is 8.25. The molecule has 0 bridgehead atoms. The molecule has 1 aliphatic carbocycles. The topological polar surface area (TPSA) is 24.8 Å². The fraction of sp³-hybridized carbons (Fsp3) is 0.938. The molecule has 19 heavy (non-hydrogen) atoms. The lowest BCUT2D eigenvalue weighted by Gasteiger charge is -2.32. The second-order valence-electron chi connectivity index (χ2n) is 6.86. The molecule has 1 saturated heterocycles. The zero-order chi connectivity index (χ0) is 13.2. The summed E-state index contributed by atoms with van der Waals surface area (Å²) >= 11 is 0. The molecule has 2 aliphatic heterocycles. The van der Waals surface area contributed by atoms with Crippen molar-refractivity contribution in [3.63, 3.8) is 0 Å². The minimum absolute atomic E-state index is 0.236. The van der Waals surface area contributed by atoms with Crippen LogP contribution in [0.4, 0.5) is 0 Å². The number of hydrogen-bond acceptors (Lipinski definition) is 3. The van der Waals surface area contributed by atoms with Gasteiger partial charge in [0.15, 0.2) is 6.23 Å². The lowest BCUT2D eigenvalue weighted by molar-refractivity contribution is -0.0558. The van der Waals surface area contributed by atoms with Crippen LogP contribution in [-0.4, -0.2) is 29.9 Å². The summed E-state index contributed by atoms with van der Waals surface area (Å²) in [6.45, 7) is 7.06. The number of hydrogen-bond donors (Lipinski definition) is 0. The van der Waals surface area contributed by atoms with Crippen molar-refractivity contribution in [2.45, 2.75) is 65.0 Å². The van der Waals surface area contributed by atoms with Gasteiger partial charge in [-0.05, 0) is 31.6 Å². The van der Waals surface area contributed by atoms with E-state index >= 15 is 0 Å². The van der Waals surface area contributed by atoms with E-state index in [-0.39, 0.29) is 6.23 Å². The van der Waals surface area contributed by atoms with Crippen LogP contribution in [-0.2, 0) is 4.84 Å². The molecule has 3 nitrogen and oxygen atoms in total. The van der Waals surface area contributed by atoms with Gasteiger partial charge >= 0.3 is 0 Å². The van der Waals surface area contributed by atoms with Crippen LogP contribution in [0.25, 0.3) is 0 Å². The SMILES string of the molecule is CC(C)[C@H]1C(C2CCCCC2)=NO[C@@H]1N1CCCC1. The Hall–Kier alpha value is -0.570. The predicted octanol–water partition coefficient (Wildman–Crippen LogP) is 3.65. The van der Waals surface area contributed by atoms with Crippen molar-refractivity contribution >= 4 is 5.71 Å². The maximum atomic E-state index is 5.89. The van der Waals surface area contributed by atoms with Gasteiger partial charge in [0.2, 0.25) is 0 Å². The normalized spacial score (nSPS) is 33.7. The molecule has 0 spiro atoms. The quantitative estimate of drug-likeness (QED) is 0.777. The van der Waals surface area contributed by atoms with Gasteiger partial charge in [0, 0.05) is 19.0 Å². The molecule has 3 rings (SSSR count). The molecule has 0 aromatic heterocycles. The van der Waals surface area contributed by atoms with Gasteiger partial charge < -0.3 is 4.84 Å². The van der Waals surface area contributed by atoms with Gasteiger partial charge in [0.1, 0.15) is 0 Å². The standard InChI is InChI=1S/C16H28N2O/c1-12(2)14-15(13-8-4-3-5-9-13)17-19-16(14)18-10-6-7-11-18/h12-14,16H,3-11H2,1-2H3/t14-,16-/m0/s1. The van der Waals surface area contributed by atoms with Crippen molar-refractivity contribution in [3.8, 4) is 0 Å². The minimum atomic E-state index is 0.236. The molecule has 0 aromatic carbocycles. The molecule has 0 unspecified atom stereocenters. The highest BCUT2D eigenvalue weighted by molar-refractivity contribution is 5.90. The first-order valence-electron chi connectivity index (χ1n) is 8.25. The Bertz CT molecular complexity index is 328. The molecule has 0 amide bonds. The Morgan fingerprint density at radius 1 is 1.05 bits per heavy atom. The lowest BCUT2D eigenvalue weighted by atomic mass is 9.77. The molecule has 108 valence electrons. The average molecular weight is 264 g/mol. The van der Waals surface area contributed by atoms with Crippen molar-refractivity contribution in [1.29, 1.82) is 0 Å². The van der Waals surface area contributed by atoms with E-state index in [0.717, 1.165) is 0 Å². The fourth-order valence-corrected chi connectivity index (χ4v) is 4.09. The second-order valence-corrected chi connectivity index (χ2v) is 6.86. The zero-order valence-electron chi connectivity index (χ0n) is 12.5. The number of likely N-dealkylation sites (tertiary alicyclic amines) is 1. The molecular weight excluding hydrogens is 236 g/mol. The van der Waals surface area contributed by atoms with Crippen LogP contribution in [0.1, 0.15) is 58.8 Å². The van der Waals surface area contributed by atoms with Crippen LogP contribution in [0, 0.1) is 17.8 Å². The highest BCUT2D eigenvalue weighted by Gasteiger charge is 2.43. The molecule has 0 radical (unpaired) electrons. The summed E-state index contributed by atoms with van der Waals surface area (Å²) in [6, 6.07) is 0. The Kier molecular flexibility index (Phi) is 4.11. The minimum Gasteiger partial charge on any atom is -0.376 e. The molecule has 3 heteroatoms. The van der Waals surface area contributed by atoms with E-state index in [0.29, 0.717) is 17.8 Å². The third kappa shape index (κ3) is 2.67. The second kappa shape index (κ2) is 5.82. The monoisotopic (exact) mass is 264 g/mol. The smallest absolute Gasteiger partial charge is 0.189 e. The van der Waals surface area contributed by atoms with Crippen LogP contribution in [0.3, 0.4) is 0 Å². The molecule has 2 heterocycles. The van der Waals surface area contributed by atoms with Crippen LogP contribution in [0.2, 0.25) is 0 Å². The average Bonchev–Trinajstić information content (AvgIpc) is 3.08. The first kappa shape index (κ1) is 13.4. The van der Waals surface area contributed by atoms with Crippen molar-refractivity contribution in [2.75, 3.05) is 13.1 Å². The largest absolute Gasteiger partial charge is 0.376 e. The van der Waals surface area contributed by atoms with E-state index in [1.807, 2.05) is 0 Å². The van der Waals surface area contributed by atoms with Crippen LogP contribution in [0.5, 0.6) is 0 Å². The predicted molar refractivity (Wildman–Crippen MR) is 78.0 cm³/mol. The molecule has 0 aromatic rings. The van der Waals surface area contributed by atoms with Crippen LogP contribution >= 0.6 is 0 Å². The summed E-state index contributed by atoms with van der Waals surface area (Å²) in [5.41, 5.74) is 1.40. The van der Waals surface area contributed by atoms with Crippen molar-refractivity contribution < 1.29 is 4.84 Å². The molecule has 3 aliphatic rings. The Morgan fingerprint density at radius 2 is 1.74 bits per heavy atom. The van der Waals surface area contributed by atoms with Crippen LogP contribution < -0.4 is 0 Å². The summed E-state index contributed by atoms with van der Waals surface area (Å²) in [5, 5.41) is 4.56. The maximum absolute atomic E-state index is 5.89. The van der Waals surface area contributed by atoms with E-state index in [1.54, 1.807) is 0 Å². The number of rotatable bonds is 3. The van der Waals surface area contributed by atoms with E-state index in [1.165, 1.54) is 63.7 Å². The molecule has 2 fully saturated rings. The van der Waals surface area contributed by atoms with Gasteiger partial charge in [-0.25, -0.2) is 0 Å². The summed E-state index contributed by atoms with van der Waals surface area (Å²) in [4.78, 5) is 8.41. The number of nitrogens with zero attached hydrogens (tertiary/aromatic N) is 2. The van der Waals surface area contributed by atoms with Gasteiger partial charge in [0.25, 0.3) is 0 Å². The van der Waals surface area contributed by atoms with Gasteiger partial charge in [-0.15, -0.1) is 0 Å². The highest BCUT2D eigenvalue weighted by atomic mass is 16.7. The Balaban J connectivity index is 1.72. The molecule has 2 atom stereocenters. The van der Waals surface area contributed by atoms with E-state index in [4.69, 9.17) is 4.84 Å². The fourth-order valence-electron chi connectivity index (χ4n) is 4.09. The summed E-state index contributed by atoms with van der Waals surface area (Å²) in [7, 11) is 0. The van der Waals surface area contributed by atoms with Crippen molar-refractivity contribution in [3.05, 3.63) is 0 Å². The first-order chi connectivity index (χ1) is 9.27. The van der Waals surface area contributed by atoms with Crippen molar-refractivity contribution in [1.82, 2.24) is 4.90 Å². The third-order valence-electron chi connectivity index (χ3n) is 5.16. The number of oxime groups is 1. The van der Waals surface area contributed by atoms with Gasteiger partial charge in [-0.3, -0.25) is 4.90 Å². The van der Waals surface area contributed by atoms with E-state index in [2.05, 4.69) is 23.9 Å². The molecule has 0 N–H and O–H groups in total. The van der Waals surface area contributed by atoms with E-state index in [9.17, 15) is 0 Å². The maximum Gasteiger partial charge on any atom is 0.189 e. The van der Waals surface area contributed by atoms with Gasteiger partial charge in [-0.1, -0.05) is 38.3 Å². The van der Waals surface area contributed by atoms with Crippen molar-refractivity contribution in [2.24, 2.45) is 22.9 Å². The summed E-state index contributed by atoms with van der Waals surface area (Å²) in [6.07, 6.45) is 9.71. The zero-order valence-corrected chi connectivity index (χ0v) is 12.5. The Labute approximate surface area is 117 Å². The third-order valence-corrected chi connectivity index (χ3v) is 5.16. The molecular formula is C16H28N2O. The molecule has 1 saturated carbocycles.